The smallest absolute Gasteiger partial charge is 0.258 e. The van der Waals surface area contributed by atoms with E-state index in [1.54, 1.807) is 12.1 Å². The molecule has 0 saturated heterocycles. The molecule has 0 saturated carbocycles. The summed E-state index contributed by atoms with van der Waals surface area (Å²) >= 11 is 0. The minimum Gasteiger partial charge on any atom is -0.258 e. The topological polar surface area (TPSA) is 67.9 Å². The zero-order valence-corrected chi connectivity index (χ0v) is 14.2. The maximum atomic E-state index is 10.7. The van der Waals surface area contributed by atoms with E-state index in [1.165, 1.54) is 17.7 Å². The van der Waals surface area contributed by atoms with E-state index in [9.17, 15) is 10.1 Å². The SMILES string of the molecule is Cc1ccc(N=Nc2ccc(/C=C/c3ccc([N+](=O)[O-])cc3)cc2)cc1. The number of hydrogen-bond acceptors (Lipinski definition) is 4. The Balaban J connectivity index is 1.65. The molecule has 128 valence electrons. The van der Waals surface area contributed by atoms with Crippen molar-refractivity contribution in [2.75, 3.05) is 0 Å². The Hall–Kier alpha value is -3.60. The molecule has 0 unspecified atom stereocenters. The molecule has 0 aliphatic heterocycles. The minimum atomic E-state index is -0.405. The summed E-state index contributed by atoms with van der Waals surface area (Å²) < 4.78 is 0. The molecule has 3 aromatic carbocycles. The number of aryl methyl sites for hydroxylation is 1. The Morgan fingerprint density at radius 2 is 1.15 bits per heavy atom. The van der Waals surface area contributed by atoms with Crippen LogP contribution in [0.15, 0.2) is 83.0 Å². The maximum Gasteiger partial charge on any atom is 0.269 e. The van der Waals surface area contributed by atoms with E-state index in [0.29, 0.717) is 0 Å². The quantitative estimate of drug-likeness (QED) is 0.230. The van der Waals surface area contributed by atoms with Crippen LogP contribution < -0.4 is 0 Å². The number of nitro benzene ring substituents is 1. The molecule has 0 amide bonds. The van der Waals surface area contributed by atoms with Crippen molar-refractivity contribution < 1.29 is 4.92 Å². The van der Waals surface area contributed by atoms with Gasteiger partial charge in [-0.2, -0.15) is 10.2 Å². The second-order valence-electron chi connectivity index (χ2n) is 5.81. The summed E-state index contributed by atoms with van der Waals surface area (Å²) in [6, 6.07) is 22.0. The lowest BCUT2D eigenvalue weighted by Crippen LogP contribution is -1.86. The van der Waals surface area contributed by atoms with Crippen molar-refractivity contribution in [1.29, 1.82) is 0 Å². The van der Waals surface area contributed by atoms with E-state index in [0.717, 1.165) is 22.5 Å². The first kappa shape index (κ1) is 17.2. The van der Waals surface area contributed by atoms with Gasteiger partial charge in [-0.3, -0.25) is 10.1 Å². The summed E-state index contributed by atoms with van der Waals surface area (Å²) in [4.78, 5) is 10.2. The third-order valence-electron chi connectivity index (χ3n) is 3.78. The van der Waals surface area contributed by atoms with E-state index in [1.807, 2.05) is 67.6 Å². The molecule has 0 atom stereocenters. The molecule has 0 N–H and O–H groups in total. The Labute approximate surface area is 151 Å². The fraction of sp³-hybridized carbons (Fsp3) is 0.0476. The van der Waals surface area contributed by atoms with Crippen molar-refractivity contribution in [3.05, 3.63) is 99.6 Å². The largest absolute Gasteiger partial charge is 0.269 e. The van der Waals surface area contributed by atoms with Gasteiger partial charge in [0, 0.05) is 12.1 Å². The lowest BCUT2D eigenvalue weighted by molar-refractivity contribution is -0.384. The third kappa shape index (κ3) is 4.70. The van der Waals surface area contributed by atoms with Crippen molar-refractivity contribution in [1.82, 2.24) is 0 Å². The molecule has 0 aliphatic rings. The molecule has 26 heavy (non-hydrogen) atoms. The summed E-state index contributed by atoms with van der Waals surface area (Å²) in [5, 5.41) is 19.1. The Bertz CT molecular complexity index is 942. The van der Waals surface area contributed by atoms with Crippen LogP contribution in [0, 0.1) is 17.0 Å². The average Bonchev–Trinajstić information content (AvgIpc) is 2.67. The minimum absolute atomic E-state index is 0.0884. The zero-order chi connectivity index (χ0) is 18.4. The van der Waals surface area contributed by atoms with Crippen LogP contribution in [0.2, 0.25) is 0 Å². The molecule has 0 fully saturated rings. The molecule has 0 spiro atoms. The highest BCUT2D eigenvalue weighted by molar-refractivity contribution is 5.70. The molecule has 5 heteroatoms. The van der Waals surface area contributed by atoms with Crippen LogP contribution in [0.3, 0.4) is 0 Å². The van der Waals surface area contributed by atoms with E-state index < -0.39 is 4.92 Å². The second kappa shape index (κ2) is 7.98. The highest BCUT2D eigenvalue weighted by Gasteiger charge is 2.02. The Morgan fingerprint density at radius 3 is 1.62 bits per heavy atom. The summed E-state index contributed by atoms with van der Waals surface area (Å²) in [6.45, 7) is 2.03. The average molecular weight is 343 g/mol. The summed E-state index contributed by atoms with van der Waals surface area (Å²) in [6.07, 6.45) is 3.86. The third-order valence-corrected chi connectivity index (χ3v) is 3.78. The first-order valence-corrected chi connectivity index (χ1v) is 8.11. The van der Waals surface area contributed by atoms with Gasteiger partial charge in [-0.1, -0.05) is 42.0 Å². The predicted molar refractivity (Wildman–Crippen MR) is 104 cm³/mol. The number of non-ortho nitro benzene ring substituents is 1. The number of rotatable bonds is 5. The van der Waals surface area contributed by atoms with Gasteiger partial charge in [-0.15, -0.1) is 0 Å². The van der Waals surface area contributed by atoms with Crippen molar-refractivity contribution in [3.63, 3.8) is 0 Å². The molecule has 3 aromatic rings. The van der Waals surface area contributed by atoms with E-state index in [-0.39, 0.29) is 5.69 Å². The number of azo groups is 1. The van der Waals surface area contributed by atoms with Crippen molar-refractivity contribution >= 4 is 29.2 Å². The molecule has 5 nitrogen and oxygen atoms in total. The van der Waals surface area contributed by atoms with Crippen LogP contribution in [0.1, 0.15) is 16.7 Å². The standard InChI is InChI=1S/C21H17N3O2/c1-16-2-10-19(11-3-16)22-23-20-12-6-17(7-13-20)4-5-18-8-14-21(15-9-18)24(25)26/h2-15H,1H3/b5-4+,23-22?. The van der Waals surface area contributed by atoms with Gasteiger partial charge in [0.15, 0.2) is 0 Å². The highest BCUT2D eigenvalue weighted by Crippen LogP contribution is 2.20. The first-order valence-electron chi connectivity index (χ1n) is 8.11. The molecule has 0 heterocycles. The van der Waals surface area contributed by atoms with E-state index in [4.69, 9.17) is 0 Å². The van der Waals surface area contributed by atoms with Crippen LogP contribution in [0.4, 0.5) is 17.1 Å². The molecular weight excluding hydrogens is 326 g/mol. The van der Waals surface area contributed by atoms with Gasteiger partial charge >= 0.3 is 0 Å². The predicted octanol–water partition coefficient (Wildman–Crippen LogP) is 6.49. The van der Waals surface area contributed by atoms with Crippen molar-refractivity contribution in [2.45, 2.75) is 6.92 Å². The monoisotopic (exact) mass is 343 g/mol. The molecule has 0 bridgehead atoms. The van der Waals surface area contributed by atoms with Gasteiger partial charge in [-0.25, -0.2) is 0 Å². The number of nitrogens with zero attached hydrogens (tertiary/aromatic N) is 3. The van der Waals surface area contributed by atoms with Crippen LogP contribution in [-0.4, -0.2) is 4.92 Å². The highest BCUT2D eigenvalue weighted by atomic mass is 16.6. The Kier molecular flexibility index (Phi) is 5.29. The normalized spacial score (nSPS) is 11.3. The molecule has 0 aliphatic carbocycles. The first-order chi connectivity index (χ1) is 12.6. The summed E-state index contributed by atoms with van der Waals surface area (Å²) in [7, 11) is 0. The molecule has 3 rings (SSSR count). The summed E-state index contributed by atoms with van der Waals surface area (Å²) in [5.74, 6) is 0. The fourth-order valence-electron chi connectivity index (χ4n) is 2.28. The van der Waals surface area contributed by atoms with Crippen molar-refractivity contribution in [2.24, 2.45) is 10.2 Å². The van der Waals surface area contributed by atoms with Crippen LogP contribution in [0.5, 0.6) is 0 Å². The number of hydrogen-bond donors (Lipinski definition) is 0. The van der Waals surface area contributed by atoms with Crippen LogP contribution in [-0.2, 0) is 0 Å². The zero-order valence-electron chi connectivity index (χ0n) is 14.2. The lowest BCUT2D eigenvalue weighted by Gasteiger charge is -1.97. The van der Waals surface area contributed by atoms with Gasteiger partial charge in [0.1, 0.15) is 0 Å². The van der Waals surface area contributed by atoms with E-state index in [2.05, 4.69) is 10.2 Å². The Morgan fingerprint density at radius 1 is 0.731 bits per heavy atom. The fourth-order valence-corrected chi connectivity index (χ4v) is 2.28. The van der Waals surface area contributed by atoms with Gasteiger partial charge < -0.3 is 0 Å². The van der Waals surface area contributed by atoms with Gasteiger partial charge in [0.2, 0.25) is 0 Å². The lowest BCUT2D eigenvalue weighted by atomic mass is 10.1. The maximum absolute atomic E-state index is 10.7. The van der Waals surface area contributed by atoms with Gasteiger partial charge in [0.05, 0.1) is 16.3 Å². The molecular formula is C21H17N3O2. The van der Waals surface area contributed by atoms with E-state index >= 15 is 0 Å². The van der Waals surface area contributed by atoms with Crippen molar-refractivity contribution in [3.8, 4) is 0 Å². The number of nitro groups is 1. The number of benzene rings is 3. The molecule has 0 aromatic heterocycles. The van der Waals surface area contributed by atoms with Crippen LogP contribution in [0.25, 0.3) is 12.2 Å². The second-order valence-corrected chi connectivity index (χ2v) is 5.81. The van der Waals surface area contributed by atoms with Crippen LogP contribution >= 0.6 is 0 Å². The van der Waals surface area contributed by atoms with Gasteiger partial charge in [-0.05, 0) is 54.4 Å². The summed E-state index contributed by atoms with van der Waals surface area (Å²) in [5.41, 5.74) is 4.78. The van der Waals surface area contributed by atoms with Gasteiger partial charge in [0.25, 0.3) is 5.69 Å². The molecule has 0 radical (unpaired) electrons.